The zero-order valence-corrected chi connectivity index (χ0v) is 11.1. The molecule has 1 aromatic carbocycles. The summed E-state index contributed by atoms with van der Waals surface area (Å²) in [5.74, 6) is -1.05. The Morgan fingerprint density at radius 2 is 2.28 bits per heavy atom. The molecule has 4 nitrogen and oxygen atoms in total. The van der Waals surface area contributed by atoms with Gasteiger partial charge < -0.3 is 15.6 Å². The molecule has 0 radical (unpaired) electrons. The predicted octanol–water partition coefficient (Wildman–Crippen LogP) is 2.60. The van der Waals surface area contributed by atoms with E-state index in [4.69, 9.17) is 15.6 Å². The number of nitrogens with two attached hydrogens (primary N) is 1. The maximum atomic E-state index is 13.4. The number of rotatable bonds is 5. The van der Waals surface area contributed by atoms with E-state index in [0.29, 0.717) is 15.8 Å². The van der Waals surface area contributed by atoms with E-state index in [1.54, 1.807) is 0 Å². The lowest BCUT2D eigenvalue weighted by atomic mass is 10.0. The van der Waals surface area contributed by atoms with Gasteiger partial charge in [-0.25, -0.2) is 4.39 Å². The highest BCUT2D eigenvalue weighted by atomic mass is 79.9. The van der Waals surface area contributed by atoms with Gasteiger partial charge in [-0.3, -0.25) is 4.79 Å². The summed E-state index contributed by atoms with van der Waals surface area (Å²) in [6, 6.07) is 1.73. The summed E-state index contributed by atoms with van der Waals surface area (Å²) in [5, 5.41) is 8.74. The Labute approximate surface area is 112 Å². The molecule has 6 heteroatoms. The van der Waals surface area contributed by atoms with Crippen LogP contribution in [0, 0.1) is 5.82 Å². The molecule has 2 rings (SSSR count). The van der Waals surface area contributed by atoms with Gasteiger partial charge in [-0.1, -0.05) is 0 Å². The van der Waals surface area contributed by atoms with Gasteiger partial charge in [0.2, 0.25) is 0 Å². The normalized spacial score (nSPS) is 16.4. The molecule has 0 bridgehead atoms. The van der Waals surface area contributed by atoms with Crippen LogP contribution in [0.15, 0.2) is 16.6 Å². The fraction of sp³-hybridized carbons (Fsp3) is 0.417. The monoisotopic (exact) mass is 317 g/mol. The highest BCUT2D eigenvalue weighted by molar-refractivity contribution is 9.10. The van der Waals surface area contributed by atoms with Crippen LogP contribution in [0.5, 0.6) is 5.75 Å². The number of carbonyl (C=O) groups is 1. The molecule has 0 aromatic heterocycles. The van der Waals surface area contributed by atoms with Crippen LogP contribution < -0.4 is 10.5 Å². The van der Waals surface area contributed by atoms with Gasteiger partial charge in [-0.05, 0) is 40.9 Å². The van der Waals surface area contributed by atoms with Crippen LogP contribution in [0.2, 0.25) is 0 Å². The molecular formula is C12H13BrFNO3. The topological polar surface area (TPSA) is 72.6 Å². The first-order valence-corrected chi connectivity index (χ1v) is 6.39. The van der Waals surface area contributed by atoms with E-state index in [1.807, 2.05) is 0 Å². The van der Waals surface area contributed by atoms with E-state index in [9.17, 15) is 9.18 Å². The standard InChI is InChI=1S/C12H13BrFNO3/c13-9-4-6(14)3-8(10(15)5-11(16)17)12(9)18-7-1-2-7/h3-4,7,10H,1-2,5,15H2,(H,16,17). The first kappa shape index (κ1) is 13.3. The Bertz CT molecular complexity index is 477. The van der Waals surface area contributed by atoms with Crippen molar-refractivity contribution >= 4 is 21.9 Å². The van der Waals surface area contributed by atoms with Crippen molar-refractivity contribution in [2.24, 2.45) is 5.73 Å². The van der Waals surface area contributed by atoms with Crippen molar-refractivity contribution in [3.63, 3.8) is 0 Å². The van der Waals surface area contributed by atoms with Crippen molar-refractivity contribution in [1.82, 2.24) is 0 Å². The molecule has 0 saturated heterocycles. The van der Waals surface area contributed by atoms with Crippen molar-refractivity contribution in [3.05, 3.63) is 28.0 Å². The highest BCUT2D eigenvalue weighted by Crippen LogP contribution is 2.38. The Morgan fingerprint density at radius 3 is 2.83 bits per heavy atom. The van der Waals surface area contributed by atoms with E-state index in [-0.39, 0.29) is 12.5 Å². The molecule has 1 atom stereocenters. The highest BCUT2D eigenvalue weighted by Gasteiger charge is 2.27. The van der Waals surface area contributed by atoms with Crippen molar-refractivity contribution in [1.29, 1.82) is 0 Å². The van der Waals surface area contributed by atoms with Crippen LogP contribution in [-0.4, -0.2) is 17.2 Å². The summed E-state index contributed by atoms with van der Waals surface area (Å²) in [5.41, 5.74) is 6.17. The average molecular weight is 318 g/mol. The summed E-state index contributed by atoms with van der Waals surface area (Å²) < 4.78 is 19.5. The number of benzene rings is 1. The second kappa shape index (κ2) is 5.24. The predicted molar refractivity (Wildman–Crippen MR) is 66.9 cm³/mol. The fourth-order valence-corrected chi connectivity index (χ4v) is 2.17. The van der Waals surface area contributed by atoms with Gasteiger partial charge >= 0.3 is 5.97 Å². The number of aliphatic carboxylic acids is 1. The van der Waals surface area contributed by atoms with Gasteiger partial charge in [0.1, 0.15) is 11.6 Å². The lowest BCUT2D eigenvalue weighted by molar-refractivity contribution is -0.137. The summed E-state index contributed by atoms with van der Waals surface area (Å²) >= 11 is 3.22. The second-order valence-electron chi connectivity index (χ2n) is 4.33. The third-order valence-electron chi connectivity index (χ3n) is 2.64. The molecule has 0 heterocycles. The summed E-state index contributed by atoms with van der Waals surface area (Å²) in [6.07, 6.45) is 1.77. The first-order chi connectivity index (χ1) is 8.47. The summed E-state index contributed by atoms with van der Waals surface area (Å²) in [6.45, 7) is 0. The van der Waals surface area contributed by atoms with Crippen LogP contribution in [0.3, 0.4) is 0 Å². The van der Waals surface area contributed by atoms with Crippen molar-refractivity contribution in [3.8, 4) is 5.75 Å². The molecule has 1 aromatic rings. The quantitative estimate of drug-likeness (QED) is 0.875. The van der Waals surface area contributed by atoms with Gasteiger partial charge in [0.25, 0.3) is 0 Å². The summed E-state index contributed by atoms with van der Waals surface area (Å²) in [7, 11) is 0. The smallest absolute Gasteiger partial charge is 0.305 e. The molecule has 1 aliphatic carbocycles. The van der Waals surface area contributed by atoms with E-state index < -0.39 is 17.8 Å². The molecule has 3 N–H and O–H groups in total. The van der Waals surface area contributed by atoms with E-state index in [0.717, 1.165) is 12.8 Å². The van der Waals surface area contributed by atoms with Crippen molar-refractivity contribution < 1.29 is 19.0 Å². The Kier molecular flexibility index (Phi) is 3.87. The molecule has 98 valence electrons. The minimum atomic E-state index is -1.03. The third kappa shape index (κ3) is 3.20. The van der Waals surface area contributed by atoms with Gasteiger partial charge in [0.15, 0.2) is 0 Å². The van der Waals surface area contributed by atoms with Gasteiger partial charge in [-0.15, -0.1) is 0 Å². The van der Waals surface area contributed by atoms with Crippen molar-refractivity contribution in [2.75, 3.05) is 0 Å². The largest absolute Gasteiger partial charge is 0.489 e. The Morgan fingerprint density at radius 1 is 1.61 bits per heavy atom. The zero-order chi connectivity index (χ0) is 13.3. The van der Waals surface area contributed by atoms with Gasteiger partial charge in [0.05, 0.1) is 17.0 Å². The number of carboxylic acids is 1. The lowest BCUT2D eigenvalue weighted by Gasteiger charge is -2.17. The molecule has 1 fully saturated rings. The minimum absolute atomic E-state index is 0.127. The first-order valence-electron chi connectivity index (χ1n) is 5.60. The molecule has 1 aliphatic rings. The molecule has 0 aliphatic heterocycles. The van der Waals surface area contributed by atoms with E-state index in [1.165, 1.54) is 12.1 Å². The number of hydrogen-bond donors (Lipinski definition) is 2. The minimum Gasteiger partial charge on any atom is -0.489 e. The van der Waals surface area contributed by atoms with E-state index in [2.05, 4.69) is 15.9 Å². The number of halogens is 2. The molecule has 0 amide bonds. The van der Waals surface area contributed by atoms with Crippen LogP contribution in [0.25, 0.3) is 0 Å². The maximum absolute atomic E-state index is 13.4. The van der Waals surface area contributed by atoms with Crippen molar-refractivity contribution in [2.45, 2.75) is 31.4 Å². The zero-order valence-electron chi connectivity index (χ0n) is 9.53. The molecule has 18 heavy (non-hydrogen) atoms. The van der Waals surface area contributed by atoms with Gasteiger partial charge in [0, 0.05) is 11.6 Å². The summed E-state index contributed by atoms with van der Waals surface area (Å²) in [4.78, 5) is 10.7. The van der Waals surface area contributed by atoms with Gasteiger partial charge in [-0.2, -0.15) is 0 Å². The molecular weight excluding hydrogens is 305 g/mol. The van der Waals surface area contributed by atoms with Crippen LogP contribution >= 0.6 is 15.9 Å². The van der Waals surface area contributed by atoms with Crippen LogP contribution in [0.1, 0.15) is 30.9 Å². The molecule has 1 saturated carbocycles. The lowest BCUT2D eigenvalue weighted by Crippen LogP contribution is -2.17. The SMILES string of the molecule is NC(CC(=O)O)c1cc(F)cc(Br)c1OC1CC1. The van der Waals surface area contributed by atoms with Crippen LogP contribution in [0.4, 0.5) is 4.39 Å². The maximum Gasteiger partial charge on any atom is 0.305 e. The van der Waals surface area contributed by atoms with Crippen LogP contribution in [-0.2, 0) is 4.79 Å². The number of ether oxygens (including phenoxy) is 1. The fourth-order valence-electron chi connectivity index (χ4n) is 1.63. The third-order valence-corrected chi connectivity index (χ3v) is 3.23. The Balaban J connectivity index is 2.32. The second-order valence-corrected chi connectivity index (χ2v) is 5.18. The van der Waals surface area contributed by atoms with E-state index >= 15 is 0 Å². The number of hydrogen-bond acceptors (Lipinski definition) is 3. The number of carboxylic acid groups (broad SMARTS) is 1. The molecule has 1 unspecified atom stereocenters. The average Bonchev–Trinajstić information content (AvgIpc) is 3.04. The Hall–Kier alpha value is -1.14. The molecule has 0 spiro atoms.